The zero-order valence-corrected chi connectivity index (χ0v) is 17.0. The summed E-state index contributed by atoms with van der Waals surface area (Å²) in [6.07, 6.45) is 1.76. The van der Waals surface area contributed by atoms with Crippen molar-refractivity contribution in [2.75, 3.05) is 17.4 Å². The van der Waals surface area contributed by atoms with Crippen LogP contribution in [0.15, 0.2) is 88.9 Å². The first-order valence-corrected chi connectivity index (χ1v) is 10.0. The van der Waals surface area contributed by atoms with Gasteiger partial charge in [-0.15, -0.1) is 5.10 Å². The number of anilines is 2. The van der Waals surface area contributed by atoms with E-state index in [1.54, 1.807) is 23.1 Å². The third-order valence-corrected chi connectivity index (χ3v) is 5.35. The van der Waals surface area contributed by atoms with Gasteiger partial charge in [-0.05, 0) is 59.8 Å². The molecule has 4 rings (SSSR count). The maximum absolute atomic E-state index is 13.2. The number of hydrazone groups is 1. The van der Waals surface area contributed by atoms with Gasteiger partial charge >= 0.3 is 0 Å². The van der Waals surface area contributed by atoms with Crippen LogP contribution in [0.4, 0.5) is 11.4 Å². The lowest BCUT2D eigenvalue weighted by molar-refractivity contribution is -0.113. The third-order valence-electron chi connectivity index (χ3n) is 4.38. The quantitative estimate of drug-likeness (QED) is 0.456. The molecule has 0 spiro atoms. The molecule has 3 aromatic rings. The second kappa shape index (κ2) is 8.75. The molecule has 0 bridgehead atoms. The lowest BCUT2D eigenvalue weighted by Crippen LogP contribution is -2.29. The molecule has 0 atom stereocenters. The predicted molar refractivity (Wildman–Crippen MR) is 122 cm³/mol. The number of nitrogens with one attached hydrogen (secondary N) is 1. The van der Waals surface area contributed by atoms with Crippen LogP contribution >= 0.6 is 11.8 Å². The van der Waals surface area contributed by atoms with Gasteiger partial charge in [0.1, 0.15) is 0 Å². The second-order valence-corrected chi connectivity index (χ2v) is 7.40. The number of carbonyl (C=O) groups excluding carboxylic acids is 1. The molecule has 30 heavy (non-hydrogen) atoms. The van der Waals surface area contributed by atoms with Crippen LogP contribution in [-0.4, -0.2) is 23.3 Å². The minimum Gasteiger partial charge on any atom is -0.504 e. The van der Waals surface area contributed by atoms with Crippen LogP contribution in [-0.2, 0) is 4.79 Å². The Morgan fingerprint density at radius 1 is 1.03 bits per heavy atom. The first-order chi connectivity index (χ1) is 14.7. The van der Waals surface area contributed by atoms with Gasteiger partial charge in [0.15, 0.2) is 16.7 Å². The Balaban J connectivity index is 1.69. The highest BCUT2D eigenvalue weighted by molar-refractivity contribution is 8.19. The summed E-state index contributed by atoms with van der Waals surface area (Å²) in [6.45, 7) is 0. The van der Waals surface area contributed by atoms with E-state index in [-0.39, 0.29) is 11.7 Å². The summed E-state index contributed by atoms with van der Waals surface area (Å²) in [7, 11) is 1.48. The van der Waals surface area contributed by atoms with Crippen molar-refractivity contribution in [3.63, 3.8) is 0 Å². The van der Waals surface area contributed by atoms with Gasteiger partial charge in [-0.1, -0.05) is 42.5 Å². The summed E-state index contributed by atoms with van der Waals surface area (Å²) in [5, 5.41) is 14.8. The number of amidine groups is 1. The van der Waals surface area contributed by atoms with Crippen LogP contribution < -0.4 is 15.1 Å². The molecule has 0 saturated carbocycles. The minimum absolute atomic E-state index is 0.0466. The molecule has 0 radical (unpaired) electrons. The topological polar surface area (TPSA) is 74.2 Å². The van der Waals surface area contributed by atoms with Gasteiger partial charge in [-0.2, -0.15) is 0 Å². The summed E-state index contributed by atoms with van der Waals surface area (Å²) < 4.78 is 5.16. The van der Waals surface area contributed by atoms with E-state index in [0.717, 1.165) is 16.9 Å². The molecule has 1 aliphatic heterocycles. The third kappa shape index (κ3) is 4.16. The van der Waals surface area contributed by atoms with Crippen molar-refractivity contribution in [2.45, 2.75) is 0 Å². The van der Waals surface area contributed by atoms with Gasteiger partial charge in [0.25, 0.3) is 5.91 Å². The average molecular weight is 417 g/mol. The molecule has 0 aliphatic carbocycles. The number of phenolic OH excluding ortho intramolecular Hbond substituents is 1. The highest BCUT2D eigenvalue weighted by atomic mass is 32.2. The van der Waals surface area contributed by atoms with E-state index in [0.29, 0.717) is 15.8 Å². The van der Waals surface area contributed by atoms with E-state index in [2.05, 4.69) is 10.5 Å². The number of ether oxygens (including phenoxy) is 1. The number of para-hydroxylation sites is 2. The van der Waals surface area contributed by atoms with E-state index in [9.17, 15) is 9.90 Å². The molecule has 2 N–H and O–H groups in total. The number of hydrogen-bond donors (Lipinski definition) is 2. The van der Waals surface area contributed by atoms with Crippen LogP contribution in [0.3, 0.4) is 0 Å². The van der Waals surface area contributed by atoms with E-state index < -0.39 is 0 Å². The Kier molecular flexibility index (Phi) is 5.72. The fraction of sp³-hybridized carbons (Fsp3) is 0.0435. The molecule has 7 heteroatoms. The molecule has 150 valence electrons. The molecule has 0 unspecified atom stereocenters. The van der Waals surface area contributed by atoms with Gasteiger partial charge < -0.3 is 9.84 Å². The monoisotopic (exact) mass is 417 g/mol. The molecular formula is C23H19N3O3S. The number of methoxy groups -OCH3 is 1. The summed E-state index contributed by atoms with van der Waals surface area (Å²) >= 11 is 1.28. The van der Waals surface area contributed by atoms with Crippen molar-refractivity contribution >= 4 is 40.3 Å². The Morgan fingerprint density at radius 3 is 2.43 bits per heavy atom. The number of carbonyl (C=O) groups is 1. The van der Waals surface area contributed by atoms with Crippen LogP contribution in [0, 0.1) is 0 Å². The molecular weight excluding hydrogens is 398 g/mol. The summed E-state index contributed by atoms with van der Waals surface area (Å²) in [4.78, 5) is 15.3. The molecule has 1 aliphatic rings. The van der Waals surface area contributed by atoms with E-state index >= 15 is 0 Å². The number of amides is 1. The van der Waals surface area contributed by atoms with Crippen LogP contribution in [0.1, 0.15) is 5.56 Å². The van der Waals surface area contributed by atoms with E-state index in [1.165, 1.54) is 24.9 Å². The van der Waals surface area contributed by atoms with Crippen LogP contribution in [0.25, 0.3) is 6.08 Å². The molecule has 0 aromatic heterocycles. The van der Waals surface area contributed by atoms with Crippen molar-refractivity contribution in [3.05, 3.63) is 89.3 Å². The van der Waals surface area contributed by atoms with Gasteiger partial charge in [0.05, 0.1) is 23.4 Å². The highest BCUT2D eigenvalue weighted by Crippen LogP contribution is 2.37. The smallest absolute Gasteiger partial charge is 0.271 e. The van der Waals surface area contributed by atoms with Crippen molar-refractivity contribution in [3.8, 4) is 11.5 Å². The van der Waals surface area contributed by atoms with Crippen molar-refractivity contribution < 1.29 is 14.6 Å². The van der Waals surface area contributed by atoms with Gasteiger partial charge in [0.2, 0.25) is 0 Å². The Hall–Kier alpha value is -3.71. The number of nitrogens with zero attached hydrogens (tertiary/aromatic N) is 2. The lowest BCUT2D eigenvalue weighted by Gasteiger charge is -2.15. The Morgan fingerprint density at radius 2 is 1.73 bits per heavy atom. The molecule has 1 heterocycles. The van der Waals surface area contributed by atoms with Crippen molar-refractivity contribution in [1.82, 2.24) is 0 Å². The summed E-state index contributed by atoms with van der Waals surface area (Å²) in [5.41, 5.74) is 5.31. The minimum atomic E-state index is -0.174. The fourth-order valence-corrected chi connectivity index (χ4v) is 3.86. The molecule has 1 fully saturated rings. The van der Waals surface area contributed by atoms with Gasteiger partial charge in [-0.25, -0.2) is 0 Å². The van der Waals surface area contributed by atoms with E-state index in [1.807, 2.05) is 60.7 Å². The summed E-state index contributed by atoms with van der Waals surface area (Å²) in [6, 6.07) is 23.9. The first-order valence-electron chi connectivity index (χ1n) is 9.20. The molecule has 1 saturated heterocycles. The normalized spacial score (nSPS) is 16.3. The SMILES string of the molecule is COc1cc(/C=C2/S/C(=N/Nc3ccccc3)N(c3ccccc3)C2=O)ccc1O. The first kappa shape index (κ1) is 19.6. The zero-order valence-electron chi connectivity index (χ0n) is 16.1. The Labute approximate surface area is 178 Å². The van der Waals surface area contributed by atoms with Crippen LogP contribution in [0.5, 0.6) is 11.5 Å². The largest absolute Gasteiger partial charge is 0.504 e. The average Bonchev–Trinajstić information content (AvgIpc) is 3.10. The molecule has 6 nitrogen and oxygen atoms in total. The fourth-order valence-electron chi connectivity index (χ4n) is 2.91. The van der Waals surface area contributed by atoms with Gasteiger partial charge in [-0.3, -0.25) is 15.1 Å². The highest BCUT2D eigenvalue weighted by Gasteiger charge is 2.34. The predicted octanol–water partition coefficient (Wildman–Crippen LogP) is 4.90. The number of phenols is 1. The molecule has 1 amide bonds. The van der Waals surface area contributed by atoms with Crippen LogP contribution in [0.2, 0.25) is 0 Å². The number of aromatic hydroxyl groups is 1. The maximum atomic E-state index is 13.2. The molecule has 3 aromatic carbocycles. The number of thioether (sulfide) groups is 1. The standard InChI is InChI=1S/C23H19N3O3S/c1-29-20-14-16(12-13-19(20)27)15-21-22(28)26(18-10-6-3-7-11-18)23(30-21)25-24-17-8-4-2-5-9-17/h2-15,24,27H,1H3/b21-15+,25-23+. The van der Waals surface area contributed by atoms with Gasteiger partial charge in [0, 0.05) is 0 Å². The maximum Gasteiger partial charge on any atom is 0.271 e. The second-order valence-electron chi connectivity index (χ2n) is 6.39. The van der Waals surface area contributed by atoms with Crippen molar-refractivity contribution in [1.29, 1.82) is 0 Å². The van der Waals surface area contributed by atoms with E-state index in [4.69, 9.17) is 4.74 Å². The number of rotatable bonds is 5. The number of hydrogen-bond acceptors (Lipinski definition) is 6. The lowest BCUT2D eigenvalue weighted by atomic mass is 10.2. The zero-order chi connectivity index (χ0) is 20.9. The van der Waals surface area contributed by atoms with Crippen molar-refractivity contribution in [2.24, 2.45) is 5.10 Å². The number of benzene rings is 3. The Bertz CT molecular complexity index is 1120. The summed E-state index contributed by atoms with van der Waals surface area (Å²) in [5.74, 6) is 0.219.